The smallest absolute Gasteiger partial charge is 0.253 e. The summed E-state index contributed by atoms with van der Waals surface area (Å²) in [5.74, 6) is 0.771. The highest BCUT2D eigenvalue weighted by molar-refractivity contribution is 6.33. The Labute approximate surface area is 107 Å². The first-order valence-corrected chi connectivity index (χ1v) is 6.30. The molecular formula is C13H17ClN2O. The molecule has 17 heavy (non-hydrogen) atoms. The SMILES string of the molecule is CC1CCN(C(=O)c2ccc(N)c(Cl)c2)CC1. The van der Waals surface area contributed by atoms with Gasteiger partial charge in [0.2, 0.25) is 0 Å². The molecule has 92 valence electrons. The van der Waals surface area contributed by atoms with Gasteiger partial charge < -0.3 is 10.6 Å². The van der Waals surface area contributed by atoms with E-state index in [9.17, 15) is 4.79 Å². The predicted molar refractivity (Wildman–Crippen MR) is 70.2 cm³/mol. The number of rotatable bonds is 1. The van der Waals surface area contributed by atoms with E-state index in [1.54, 1.807) is 18.2 Å². The van der Waals surface area contributed by atoms with Gasteiger partial charge in [-0.1, -0.05) is 18.5 Å². The molecule has 1 amide bonds. The molecule has 0 spiro atoms. The first kappa shape index (κ1) is 12.2. The highest BCUT2D eigenvalue weighted by atomic mass is 35.5. The number of anilines is 1. The van der Waals surface area contributed by atoms with Crippen molar-refractivity contribution < 1.29 is 4.79 Å². The fourth-order valence-electron chi connectivity index (χ4n) is 2.05. The van der Waals surface area contributed by atoms with Crippen molar-refractivity contribution in [3.8, 4) is 0 Å². The Kier molecular flexibility index (Phi) is 3.57. The van der Waals surface area contributed by atoms with Crippen LogP contribution in [-0.2, 0) is 0 Å². The molecule has 0 atom stereocenters. The third kappa shape index (κ3) is 2.72. The van der Waals surface area contributed by atoms with Crippen LogP contribution in [0.3, 0.4) is 0 Å². The van der Waals surface area contributed by atoms with E-state index < -0.39 is 0 Å². The highest BCUT2D eigenvalue weighted by Gasteiger charge is 2.21. The second-order valence-corrected chi connectivity index (χ2v) is 5.12. The number of likely N-dealkylation sites (tertiary alicyclic amines) is 1. The Hall–Kier alpha value is -1.22. The van der Waals surface area contributed by atoms with Gasteiger partial charge in [0.1, 0.15) is 0 Å². The van der Waals surface area contributed by atoms with Crippen LogP contribution in [0.4, 0.5) is 5.69 Å². The van der Waals surface area contributed by atoms with Crippen LogP contribution in [0.2, 0.25) is 5.02 Å². The van der Waals surface area contributed by atoms with Gasteiger partial charge >= 0.3 is 0 Å². The maximum absolute atomic E-state index is 12.2. The molecule has 1 aliphatic rings. The molecule has 1 saturated heterocycles. The van der Waals surface area contributed by atoms with Crippen molar-refractivity contribution in [3.63, 3.8) is 0 Å². The summed E-state index contributed by atoms with van der Waals surface area (Å²) in [5.41, 5.74) is 6.76. The van der Waals surface area contributed by atoms with Gasteiger partial charge in [0.25, 0.3) is 5.91 Å². The molecule has 1 aliphatic heterocycles. The lowest BCUT2D eigenvalue weighted by atomic mass is 9.98. The van der Waals surface area contributed by atoms with E-state index in [1.165, 1.54) is 0 Å². The third-order valence-corrected chi connectivity index (χ3v) is 3.65. The van der Waals surface area contributed by atoms with E-state index in [0.29, 0.717) is 22.2 Å². The summed E-state index contributed by atoms with van der Waals surface area (Å²) in [5, 5.41) is 0.446. The van der Waals surface area contributed by atoms with Crippen molar-refractivity contribution in [2.45, 2.75) is 19.8 Å². The van der Waals surface area contributed by atoms with Gasteiger partial charge in [-0.2, -0.15) is 0 Å². The number of piperidine rings is 1. The lowest BCUT2D eigenvalue weighted by Crippen LogP contribution is -2.37. The summed E-state index contributed by atoms with van der Waals surface area (Å²) in [7, 11) is 0. The largest absolute Gasteiger partial charge is 0.398 e. The first-order valence-electron chi connectivity index (χ1n) is 5.92. The molecule has 4 heteroatoms. The number of carbonyl (C=O) groups is 1. The second-order valence-electron chi connectivity index (χ2n) is 4.71. The summed E-state index contributed by atoms with van der Waals surface area (Å²) in [4.78, 5) is 14.1. The number of benzene rings is 1. The fraction of sp³-hybridized carbons (Fsp3) is 0.462. The van der Waals surface area contributed by atoms with E-state index in [2.05, 4.69) is 6.92 Å². The van der Waals surface area contributed by atoms with Crippen LogP contribution >= 0.6 is 11.6 Å². The molecular weight excluding hydrogens is 236 g/mol. The van der Waals surface area contributed by atoms with Gasteiger partial charge in [0.15, 0.2) is 0 Å². The minimum absolute atomic E-state index is 0.0544. The number of carbonyl (C=O) groups excluding carboxylic acids is 1. The molecule has 1 aromatic rings. The Bertz CT molecular complexity index is 425. The van der Waals surface area contributed by atoms with Crippen molar-refractivity contribution in [1.29, 1.82) is 0 Å². The van der Waals surface area contributed by atoms with Gasteiger partial charge in [0, 0.05) is 18.7 Å². The van der Waals surface area contributed by atoms with E-state index >= 15 is 0 Å². The topological polar surface area (TPSA) is 46.3 Å². The van der Waals surface area contributed by atoms with Crippen molar-refractivity contribution in [2.75, 3.05) is 18.8 Å². The number of nitrogens with zero attached hydrogens (tertiary/aromatic N) is 1. The molecule has 0 radical (unpaired) electrons. The number of halogens is 1. The fourth-order valence-corrected chi connectivity index (χ4v) is 2.23. The zero-order valence-corrected chi connectivity index (χ0v) is 10.7. The third-order valence-electron chi connectivity index (χ3n) is 3.32. The molecule has 0 aliphatic carbocycles. The monoisotopic (exact) mass is 252 g/mol. The molecule has 1 fully saturated rings. The van der Waals surface area contributed by atoms with Gasteiger partial charge in [-0.15, -0.1) is 0 Å². The lowest BCUT2D eigenvalue weighted by molar-refractivity contribution is 0.0697. The van der Waals surface area contributed by atoms with Crippen molar-refractivity contribution >= 4 is 23.2 Å². The zero-order chi connectivity index (χ0) is 12.4. The van der Waals surface area contributed by atoms with Crippen LogP contribution in [0.5, 0.6) is 0 Å². The lowest BCUT2D eigenvalue weighted by Gasteiger charge is -2.30. The minimum atomic E-state index is 0.0544. The molecule has 1 heterocycles. The second kappa shape index (κ2) is 4.96. The Morgan fingerprint density at radius 3 is 2.65 bits per heavy atom. The maximum Gasteiger partial charge on any atom is 0.253 e. The number of hydrogen-bond donors (Lipinski definition) is 1. The highest BCUT2D eigenvalue weighted by Crippen LogP contribution is 2.22. The molecule has 0 unspecified atom stereocenters. The predicted octanol–water partition coefficient (Wildman–Crippen LogP) is 2.79. The van der Waals surface area contributed by atoms with E-state index in [0.717, 1.165) is 25.9 Å². The molecule has 0 aromatic heterocycles. The average Bonchev–Trinajstić information content (AvgIpc) is 2.33. The normalized spacial score (nSPS) is 17.2. The quantitative estimate of drug-likeness (QED) is 0.782. The summed E-state index contributed by atoms with van der Waals surface area (Å²) in [6, 6.07) is 5.07. The standard InChI is InChI=1S/C13H17ClN2O/c1-9-4-6-16(7-5-9)13(17)10-2-3-12(15)11(14)8-10/h2-3,8-9H,4-7,15H2,1H3. The summed E-state index contributed by atoms with van der Waals surface area (Å²) in [6.45, 7) is 3.89. The Balaban J connectivity index is 2.11. The van der Waals surface area contributed by atoms with Gasteiger partial charge in [-0.05, 0) is 37.0 Å². The van der Waals surface area contributed by atoms with Crippen molar-refractivity contribution in [2.24, 2.45) is 5.92 Å². The van der Waals surface area contributed by atoms with Gasteiger partial charge in [-0.3, -0.25) is 4.79 Å². The molecule has 0 bridgehead atoms. The van der Waals surface area contributed by atoms with E-state index in [4.69, 9.17) is 17.3 Å². The van der Waals surface area contributed by atoms with Crippen LogP contribution in [-0.4, -0.2) is 23.9 Å². The molecule has 2 rings (SSSR count). The summed E-state index contributed by atoms with van der Waals surface area (Å²) >= 11 is 5.92. The van der Waals surface area contributed by atoms with Gasteiger partial charge in [0.05, 0.1) is 10.7 Å². The van der Waals surface area contributed by atoms with E-state index in [1.807, 2.05) is 4.90 Å². The summed E-state index contributed by atoms with van der Waals surface area (Å²) in [6.07, 6.45) is 2.16. The number of nitrogen functional groups attached to an aromatic ring is 1. The molecule has 2 N–H and O–H groups in total. The van der Waals surface area contributed by atoms with Crippen LogP contribution in [0, 0.1) is 5.92 Å². The van der Waals surface area contributed by atoms with Crippen LogP contribution in [0.15, 0.2) is 18.2 Å². The Morgan fingerprint density at radius 1 is 1.41 bits per heavy atom. The number of nitrogens with two attached hydrogens (primary N) is 1. The van der Waals surface area contributed by atoms with Crippen molar-refractivity contribution in [1.82, 2.24) is 4.90 Å². The Morgan fingerprint density at radius 2 is 2.06 bits per heavy atom. The maximum atomic E-state index is 12.2. The minimum Gasteiger partial charge on any atom is -0.398 e. The van der Waals surface area contributed by atoms with Crippen molar-refractivity contribution in [3.05, 3.63) is 28.8 Å². The zero-order valence-electron chi connectivity index (χ0n) is 9.95. The molecule has 3 nitrogen and oxygen atoms in total. The average molecular weight is 253 g/mol. The number of hydrogen-bond acceptors (Lipinski definition) is 2. The van der Waals surface area contributed by atoms with E-state index in [-0.39, 0.29) is 5.91 Å². The van der Waals surface area contributed by atoms with Crippen LogP contribution in [0.25, 0.3) is 0 Å². The first-order chi connectivity index (χ1) is 8.08. The number of amides is 1. The molecule has 0 saturated carbocycles. The molecule has 1 aromatic carbocycles. The van der Waals surface area contributed by atoms with Crippen LogP contribution < -0.4 is 5.73 Å². The van der Waals surface area contributed by atoms with Crippen LogP contribution in [0.1, 0.15) is 30.1 Å². The van der Waals surface area contributed by atoms with Gasteiger partial charge in [-0.25, -0.2) is 0 Å². The summed E-state index contributed by atoms with van der Waals surface area (Å²) < 4.78 is 0.